The van der Waals surface area contributed by atoms with Crippen LogP contribution in [0.2, 0.25) is 5.02 Å². The molecule has 1 atom stereocenters. The fourth-order valence-electron chi connectivity index (χ4n) is 2.32. The summed E-state index contributed by atoms with van der Waals surface area (Å²) in [6.07, 6.45) is -0.671. The maximum atomic E-state index is 12.3. The van der Waals surface area contributed by atoms with E-state index in [1.807, 2.05) is 13.8 Å². The standard InChI is InChI=1S/C19H21ClN2O3/c1-11-9-17(10-12(2)18(11)20)25-13(3)19(24)22-16-7-5-15(6-8-16)21-14(4)23/h5-10,13H,1-4H3,(H,21,23)(H,22,24)/t13-/m0/s1. The number of anilines is 2. The number of nitrogens with one attached hydrogen (secondary N) is 2. The lowest BCUT2D eigenvalue weighted by molar-refractivity contribution is -0.122. The molecule has 25 heavy (non-hydrogen) atoms. The van der Waals surface area contributed by atoms with Gasteiger partial charge in [-0.3, -0.25) is 9.59 Å². The summed E-state index contributed by atoms with van der Waals surface area (Å²) in [5.74, 6) is 0.188. The Bertz CT molecular complexity index is 765. The van der Waals surface area contributed by atoms with E-state index in [1.165, 1.54) is 6.92 Å². The first-order valence-electron chi connectivity index (χ1n) is 7.88. The first-order valence-corrected chi connectivity index (χ1v) is 8.26. The molecule has 0 aliphatic carbocycles. The Morgan fingerprint density at radius 3 is 1.96 bits per heavy atom. The molecule has 0 spiro atoms. The molecule has 0 saturated carbocycles. The van der Waals surface area contributed by atoms with Gasteiger partial charge in [-0.2, -0.15) is 0 Å². The van der Waals surface area contributed by atoms with Gasteiger partial charge in [-0.05, 0) is 68.3 Å². The van der Waals surface area contributed by atoms with Gasteiger partial charge >= 0.3 is 0 Å². The van der Waals surface area contributed by atoms with Crippen LogP contribution >= 0.6 is 11.6 Å². The van der Waals surface area contributed by atoms with Gasteiger partial charge in [0.05, 0.1) is 0 Å². The van der Waals surface area contributed by atoms with Crippen molar-refractivity contribution in [3.63, 3.8) is 0 Å². The van der Waals surface area contributed by atoms with E-state index in [0.717, 1.165) is 11.1 Å². The van der Waals surface area contributed by atoms with Crippen molar-refractivity contribution in [1.29, 1.82) is 0 Å². The Kier molecular flexibility index (Phi) is 6.04. The van der Waals surface area contributed by atoms with Crippen molar-refractivity contribution >= 4 is 34.8 Å². The van der Waals surface area contributed by atoms with E-state index in [-0.39, 0.29) is 11.8 Å². The molecule has 0 aliphatic heterocycles. The minimum atomic E-state index is -0.671. The summed E-state index contributed by atoms with van der Waals surface area (Å²) in [6, 6.07) is 10.5. The van der Waals surface area contributed by atoms with Crippen LogP contribution in [-0.4, -0.2) is 17.9 Å². The van der Waals surface area contributed by atoms with Gasteiger partial charge in [0.15, 0.2) is 6.10 Å². The Labute approximate surface area is 152 Å². The van der Waals surface area contributed by atoms with Crippen LogP contribution in [0.5, 0.6) is 5.75 Å². The number of hydrogen-bond donors (Lipinski definition) is 2. The third-order valence-corrected chi connectivity index (χ3v) is 4.16. The molecule has 0 bridgehead atoms. The fraction of sp³-hybridized carbons (Fsp3) is 0.263. The summed E-state index contributed by atoms with van der Waals surface area (Å²) >= 11 is 6.14. The number of benzene rings is 2. The van der Waals surface area contributed by atoms with E-state index in [4.69, 9.17) is 16.3 Å². The smallest absolute Gasteiger partial charge is 0.265 e. The van der Waals surface area contributed by atoms with Crippen LogP contribution in [0, 0.1) is 13.8 Å². The van der Waals surface area contributed by atoms with Gasteiger partial charge in [0.1, 0.15) is 5.75 Å². The van der Waals surface area contributed by atoms with E-state index in [9.17, 15) is 9.59 Å². The Morgan fingerprint density at radius 1 is 1.00 bits per heavy atom. The van der Waals surface area contributed by atoms with Gasteiger partial charge in [0, 0.05) is 23.3 Å². The monoisotopic (exact) mass is 360 g/mol. The molecule has 0 aliphatic rings. The lowest BCUT2D eigenvalue weighted by atomic mass is 10.1. The number of ether oxygens (including phenoxy) is 1. The fourth-order valence-corrected chi connectivity index (χ4v) is 2.43. The summed E-state index contributed by atoms with van der Waals surface area (Å²) in [5.41, 5.74) is 3.09. The molecule has 0 unspecified atom stereocenters. The number of amides is 2. The summed E-state index contributed by atoms with van der Waals surface area (Å²) < 4.78 is 5.71. The van der Waals surface area contributed by atoms with Crippen LogP contribution < -0.4 is 15.4 Å². The number of carbonyl (C=O) groups excluding carboxylic acids is 2. The molecule has 6 heteroatoms. The molecule has 2 aromatic rings. The van der Waals surface area contributed by atoms with Crippen molar-refractivity contribution in [3.05, 3.63) is 52.5 Å². The SMILES string of the molecule is CC(=O)Nc1ccc(NC(=O)[C@H](C)Oc2cc(C)c(Cl)c(C)c2)cc1. The number of halogens is 1. The molecule has 2 amide bonds. The Balaban J connectivity index is 1.99. The zero-order valence-corrected chi connectivity index (χ0v) is 15.4. The minimum absolute atomic E-state index is 0.146. The Hall–Kier alpha value is -2.53. The molecule has 0 radical (unpaired) electrons. The van der Waals surface area contributed by atoms with Gasteiger partial charge in [-0.15, -0.1) is 0 Å². The molecule has 5 nitrogen and oxygen atoms in total. The van der Waals surface area contributed by atoms with Crippen molar-refractivity contribution in [1.82, 2.24) is 0 Å². The Morgan fingerprint density at radius 2 is 1.48 bits per heavy atom. The quantitative estimate of drug-likeness (QED) is 0.834. The van der Waals surface area contributed by atoms with Crippen LogP contribution in [-0.2, 0) is 9.59 Å². The van der Waals surface area contributed by atoms with Gasteiger partial charge in [0.2, 0.25) is 5.91 Å². The lowest BCUT2D eigenvalue weighted by Gasteiger charge is -2.16. The van der Waals surface area contributed by atoms with Gasteiger partial charge in [-0.25, -0.2) is 0 Å². The molecule has 0 aromatic heterocycles. The second-order valence-electron chi connectivity index (χ2n) is 5.88. The van der Waals surface area contributed by atoms with Crippen molar-refractivity contribution < 1.29 is 14.3 Å². The zero-order chi connectivity index (χ0) is 18.6. The first kappa shape index (κ1) is 18.8. The van der Waals surface area contributed by atoms with Crippen LogP contribution in [0.25, 0.3) is 0 Å². The summed E-state index contributed by atoms with van der Waals surface area (Å²) in [6.45, 7) is 6.91. The highest BCUT2D eigenvalue weighted by Gasteiger charge is 2.16. The zero-order valence-electron chi connectivity index (χ0n) is 14.6. The van der Waals surface area contributed by atoms with E-state index < -0.39 is 6.10 Å². The highest BCUT2D eigenvalue weighted by atomic mass is 35.5. The maximum Gasteiger partial charge on any atom is 0.265 e. The van der Waals surface area contributed by atoms with Crippen molar-refractivity contribution in [2.45, 2.75) is 33.8 Å². The lowest BCUT2D eigenvalue weighted by Crippen LogP contribution is -2.30. The highest BCUT2D eigenvalue weighted by Crippen LogP contribution is 2.26. The molecule has 2 N–H and O–H groups in total. The number of aryl methyl sites for hydroxylation is 2. The number of rotatable bonds is 5. The van der Waals surface area contributed by atoms with E-state index >= 15 is 0 Å². The summed E-state index contributed by atoms with van der Waals surface area (Å²) in [7, 11) is 0. The third kappa shape index (κ3) is 5.22. The molecule has 2 aromatic carbocycles. The molecule has 132 valence electrons. The largest absolute Gasteiger partial charge is 0.481 e. The topological polar surface area (TPSA) is 67.4 Å². The molecular formula is C19H21ClN2O3. The summed E-state index contributed by atoms with van der Waals surface area (Å²) in [4.78, 5) is 23.3. The normalized spacial score (nSPS) is 11.6. The molecule has 0 heterocycles. The molecule has 2 rings (SSSR count). The van der Waals surface area contributed by atoms with Crippen LogP contribution in [0.1, 0.15) is 25.0 Å². The van der Waals surface area contributed by atoms with Gasteiger partial charge in [0.25, 0.3) is 5.91 Å². The molecule has 0 saturated heterocycles. The second-order valence-corrected chi connectivity index (χ2v) is 6.26. The average Bonchev–Trinajstić information content (AvgIpc) is 2.53. The molecule has 0 fully saturated rings. The maximum absolute atomic E-state index is 12.3. The number of carbonyl (C=O) groups is 2. The molecular weight excluding hydrogens is 340 g/mol. The van der Waals surface area contributed by atoms with Crippen LogP contribution in [0.3, 0.4) is 0 Å². The summed E-state index contributed by atoms with van der Waals surface area (Å²) in [5, 5.41) is 6.15. The van der Waals surface area contributed by atoms with Crippen molar-refractivity contribution in [2.75, 3.05) is 10.6 Å². The predicted octanol–water partition coefficient (Wildman–Crippen LogP) is 4.32. The van der Waals surface area contributed by atoms with Crippen LogP contribution in [0.15, 0.2) is 36.4 Å². The van der Waals surface area contributed by atoms with E-state index in [0.29, 0.717) is 22.1 Å². The second kappa shape index (κ2) is 8.03. The van der Waals surface area contributed by atoms with E-state index in [1.54, 1.807) is 43.3 Å². The van der Waals surface area contributed by atoms with Crippen molar-refractivity contribution in [3.8, 4) is 5.75 Å². The van der Waals surface area contributed by atoms with Crippen LogP contribution in [0.4, 0.5) is 11.4 Å². The average molecular weight is 361 g/mol. The number of hydrogen-bond acceptors (Lipinski definition) is 3. The predicted molar refractivity (Wildman–Crippen MR) is 100 cm³/mol. The van der Waals surface area contributed by atoms with Gasteiger partial charge < -0.3 is 15.4 Å². The highest BCUT2D eigenvalue weighted by molar-refractivity contribution is 6.32. The van der Waals surface area contributed by atoms with Gasteiger partial charge in [-0.1, -0.05) is 11.6 Å². The van der Waals surface area contributed by atoms with Crippen molar-refractivity contribution in [2.24, 2.45) is 0 Å². The third-order valence-electron chi connectivity index (χ3n) is 3.56. The van der Waals surface area contributed by atoms with E-state index in [2.05, 4.69) is 10.6 Å². The minimum Gasteiger partial charge on any atom is -0.481 e. The first-order chi connectivity index (χ1) is 11.8.